The number of carbonyl (C=O) groups is 1. The Morgan fingerprint density at radius 3 is 2.17 bits per heavy atom. The maximum atomic E-state index is 11.9. The molecule has 1 radical (unpaired) electrons. The second kappa shape index (κ2) is 3.43. The molecule has 69 valence electrons. The average Bonchev–Trinajstić information content (AvgIpc) is 2.03. The zero-order chi connectivity index (χ0) is 9.19. The van der Waals surface area contributed by atoms with E-state index in [-0.39, 0.29) is 12.8 Å². The van der Waals surface area contributed by atoms with E-state index in [9.17, 15) is 18.0 Å². The highest BCUT2D eigenvalue weighted by Crippen LogP contribution is 2.25. The van der Waals surface area contributed by atoms with Crippen LogP contribution in [0.5, 0.6) is 0 Å². The highest BCUT2D eigenvalue weighted by atomic mass is 19.4. The monoisotopic (exact) mass is 180 g/mol. The smallest absolute Gasteiger partial charge is 0.289 e. The summed E-state index contributed by atoms with van der Waals surface area (Å²) in [4.78, 5) is 10.7. The quantitative estimate of drug-likeness (QED) is 0.595. The number of hydrogen-bond acceptors (Lipinski definition) is 1. The lowest BCUT2D eigenvalue weighted by Crippen LogP contribution is -2.35. The van der Waals surface area contributed by atoms with Crippen LogP contribution < -0.4 is 5.32 Å². The first-order valence-electron chi connectivity index (χ1n) is 3.76. The van der Waals surface area contributed by atoms with Gasteiger partial charge in [0.25, 0.3) is 0 Å². The summed E-state index contributed by atoms with van der Waals surface area (Å²) in [6, 6.07) is 0. The third-order valence-corrected chi connectivity index (χ3v) is 1.92. The van der Waals surface area contributed by atoms with Crippen molar-refractivity contribution in [2.75, 3.05) is 13.1 Å². The molecule has 0 spiro atoms. The number of hydrogen-bond donors (Lipinski definition) is 0. The Labute approximate surface area is 68.1 Å². The van der Waals surface area contributed by atoms with Crippen LogP contribution in [0, 0.1) is 5.92 Å². The molecule has 5 heteroatoms. The van der Waals surface area contributed by atoms with Gasteiger partial charge in [-0.1, -0.05) is 0 Å². The van der Waals surface area contributed by atoms with Crippen molar-refractivity contribution in [3.05, 3.63) is 0 Å². The van der Waals surface area contributed by atoms with Crippen LogP contribution >= 0.6 is 0 Å². The van der Waals surface area contributed by atoms with E-state index in [0.29, 0.717) is 13.1 Å². The third-order valence-electron chi connectivity index (χ3n) is 1.92. The molecule has 0 bridgehead atoms. The van der Waals surface area contributed by atoms with Crippen molar-refractivity contribution in [3.8, 4) is 0 Å². The number of halogens is 3. The summed E-state index contributed by atoms with van der Waals surface area (Å²) >= 11 is 0. The van der Waals surface area contributed by atoms with Crippen LogP contribution in [-0.4, -0.2) is 25.0 Å². The Bertz CT molecular complexity index is 172. The highest BCUT2D eigenvalue weighted by Gasteiger charge is 2.43. The standard InChI is InChI=1S/C7H9F3NO/c8-7(9,10)6(12)5-1-3-11-4-2-5/h5H,1-4H2. The molecule has 1 heterocycles. The number of carbonyl (C=O) groups excluding carboxylic acids is 1. The highest BCUT2D eigenvalue weighted by molar-refractivity contribution is 5.86. The molecule has 0 N–H and O–H groups in total. The SMILES string of the molecule is O=C(C1CC[N]CC1)C(F)(F)F. The van der Waals surface area contributed by atoms with Crippen LogP contribution in [0.2, 0.25) is 0 Å². The molecule has 1 fully saturated rings. The van der Waals surface area contributed by atoms with Crippen LogP contribution in [0.1, 0.15) is 12.8 Å². The largest absolute Gasteiger partial charge is 0.450 e. The molecule has 0 aromatic heterocycles. The van der Waals surface area contributed by atoms with Gasteiger partial charge in [0.2, 0.25) is 5.78 Å². The Morgan fingerprint density at radius 2 is 1.75 bits per heavy atom. The molecule has 1 aliphatic heterocycles. The maximum Gasteiger partial charge on any atom is 0.450 e. The molecule has 0 amide bonds. The van der Waals surface area contributed by atoms with Crippen molar-refractivity contribution in [2.24, 2.45) is 5.92 Å². The number of ketones is 1. The van der Waals surface area contributed by atoms with E-state index in [4.69, 9.17) is 0 Å². The van der Waals surface area contributed by atoms with E-state index in [1.807, 2.05) is 0 Å². The molecule has 0 saturated carbocycles. The molecule has 1 aliphatic rings. The second-order valence-electron chi connectivity index (χ2n) is 2.81. The fraction of sp³-hybridized carbons (Fsp3) is 0.857. The summed E-state index contributed by atoms with van der Waals surface area (Å²) in [6.07, 6.45) is -4.17. The Morgan fingerprint density at radius 1 is 1.25 bits per heavy atom. The van der Waals surface area contributed by atoms with Crippen molar-refractivity contribution < 1.29 is 18.0 Å². The Kier molecular flexibility index (Phi) is 2.72. The molecule has 0 aromatic carbocycles. The molecular formula is C7H9F3NO. The molecule has 1 saturated heterocycles. The van der Waals surface area contributed by atoms with Gasteiger partial charge in [0.15, 0.2) is 0 Å². The van der Waals surface area contributed by atoms with Gasteiger partial charge in [0.1, 0.15) is 0 Å². The first-order chi connectivity index (χ1) is 5.52. The molecule has 0 aromatic rings. The zero-order valence-corrected chi connectivity index (χ0v) is 6.40. The number of nitrogens with zero attached hydrogens (tertiary/aromatic N) is 1. The fourth-order valence-electron chi connectivity index (χ4n) is 1.24. The lowest BCUT2D eigenvalue weighted by Gasteiger charge is -2.20. The fourth-order valence-corrected chi connectivity index (χ4v) is 1.24. The summed E-state index contributed by atoms with van der Waals surface area (Å²) in [7, 11) is 0. The summed E-state index contributed by atoms with van der Waals surface area (Å²) in [5.74, 6) is -2.43. The minimum Gasteiger partial charge on any atom is -0.289 e. The van der Waals surface area contributed by atoms with Crippen LogP contribution in [0.3, 0.4) is 0 Å². The van der Waals surface area contributed by atoms with Gasteiger partial charge in [0.05, 0.1) is 0 Å². The molecular weight excluding hydrogens is 171 g/mol. The number of Topliss-reactive ketones (excluding diaryl/α,β-unsaturated/α-hetero) is 1. The molecule has 2 nitrogen and oxygen atoms in total. The summed E-state index contributed by atoms with van der Waals surface area (Å²) < 4.78 is 35.6. The lowest BCUT2D eigenvalue weighted by molar-refractivity contribution is -0.176. The normalized spacial score (nSPS) is 20.9. The summed E-state index contributed by atoms with van der Waals surface area (Å²) in [5, 5.41) is 3.87. The van der Waals surface area contributed by atoms with Crippen LogP contribution in [-0.2, 0) is 4.79 Å². The molecule has 12 heavy (non-hydrogen) atoms. The third kappa shape index (κ3) is 2.20. The van der Waals surface area contributed by atoms with E-state index in [1.165, 1.54) is 0 Å². The van der Waals surface area contributed by atoms with Gasteiger partial charge in [-0.3, -0.25) is 4.79 Å². The maximum absolute atomic E-state index is 11.9. The van der Waals surface area contributed by atoms with Crippen molar-refractivity contribution in [1.82, 2.24) is 5.32 Å². The van der Waals surface area contributed by atoms with Crippen molar-refractivity contribution in [3.63, 3.8) is 0 Å². The van der Waals surface area contributed by atoms with Gasteiger partial charge in [-0.2, -0.15) is 13.2 Å². The molecule has 0 unspecified atom stereocenters. The lowest BCUT2D eigenvalue weighted by atomic mass is 9.93. The molecule has 0 atom stereocenters. The van der Waals surface area contributed by atoms with Gasteiger partial charge in [-0.25, -0.2) is 5.32 Å². The van der Waals surface area contributed by atoms with Crippen molar-refractivity contribution in [2.45, 2.75) is 19.0 Å². The van der Waals surface area contributed by atoms with Crippen LogP contribution in [0.15, 0.2) is 0 Å². The van der Waals surface area contributed by atoms with Crippen molar-refractivity contribution >= 4 is 5.78 Å². The second-order valence-corrected chi connectivity index (χ2v) is 2.81. The van der Waals surface area contributed by atoms with Gasteiger partial charge in [-0.15, -0.1) is 0 Å². The predicted octanol–water partition coefficient (Wildman–Crippen LogP) is 1.13. The number of alkyl halides is 3. The van der Waals surface area contributed by atoms with Gasteiger partial charge in [0, 0.05) is 19.0 Å². The Balaban J connectivity index is 2.51. The average molecular weight is 180 g/mol. The first kappa shape index (κ1) is 9.51. The van der Waals surface area contributed by atoms with Gasteiger partial charge in [-0.05, 0) is 12.8 Å². The van der Waals surface area contributed by atoms with E-state index in [2.05, 4.69) is 5.32 Å². The number of piperidine rings is 1. The van der Waals surface area contributed by atoms with E-state index < -0.39 is 17.9 Å². The van der Waals surface area contributed by atoms with E-state index in [1.54, 1.807) is 0 Å². The first-order valence-corrected chi connectivity index (χ1v) is 3.76. The van der Waals surface area contributed by atoms with E-state index >= 15 is 0 Å². The predicted molar refractivity (Wildman–Crippen MR) is 35.7 cm³/mol. The van der Waals surface area contributed by atoms with Gasteiger partial charge >= 0.3 is 6.18 Å². The molecule has 0 aliphatic carbocycles. The minimum atomic E-state index is -4.66. The summed E-state index contributed by atoms with van der Waals surface area (Å²) in [6.45, 7) is 0.763. The van der Waals surface area contributed by atoms with Gasteiger partial charge < -0.3 is 0 Å². The topological polar surface area (TPSA) is 31.2 Å². The van der Waals surface area contributed by atoms with E-state index in [0.717, 1.165) is 0 Å². The summed E-state index contributed by atoms with van der Waals surface area (Å²) in [5.41, 5.74) is 0. The zero-order valence-electron chi connectivity index (χ0n) is 6.40. The van der Waals surface area contributed by atoms with Crippen LogP contribution in [0.4, 0.5) is 13.2 Å². The Hall–Kier alpha value is -0.580. The van der Waals surface area contributed by atoms with Crippen LogP contribution in [0.25, 0.3) is 0 Å². The van der Waals surface area contributed by atoms with Crippen molar-refractivity contribution in [1.29, 1.82) is 0 Å². The molecule has 1 rings (SSSR count). The minimum absolute atomic E-state index is 0.248. The number of rotatable bonds is 1.